The number of pyridine rings is 2. The SMILES string of the molecule is CCNc1cc2c(cn1)c(-c1cnn(C(CO)CO)c1)nn2[C@H]1CC[C@@H](Oc2cccnc2C(F)(F)F)CC1. The number of anilines is 1. The lowest BCUT2D eigenvalue weighted by molar-refractivity contribution is -0.143. The van der Waals surface area contributed by atoms with Gasteiger partial charge in [0.25, 0.3) is 0 Å². The quantitative estimate of drug-likeness (QED) is 0.286. The highest BCUT2D eigenvalue weighted by Crippen LogP contribution is 2.39. The molecule has 10 nitrogen and oxygen atoms in total. The molecule has 0 aromatic carbocycles. The van der Waals surface area contributed by atoms with Crippen LogP contribution in [-0.4, -0.2) is 65.6 Å². The number of nitrogens with one attached hydrogen (secondary N) is 1. The zero-order valence-electron chi connectivity index (χ0n) is 21.3. The van der Waals surface area contributed by atoms with Gasteiger partial charge in [0.05, 0.1) is 43.1 Å². The number of aliphatic hydroxyl groups excluding tert-OH is 2. The van der Waals surface area contributed by atoms with Crippen LogP contribution < -0.4 is 10.1 Å². The second kappa shape index (κ2) is 11.2. The van der Waals surface area contributed by atoms with Crippen molar-refractivity contribution in [2.75, 3.05) is 25.1 Å². The van der Waals surface area contributed by atoms with Crippen molar-refractivity contribution < 1.29 is 28.1 Å². The van der Waals surface area contributed by atoms with Gasteiger partial charge in [0.15, 0.2) is 11.4 Å². The topological polar surface area (TPSA) is 123 Å². The average Bonchev–Trinajstić information content (AvgIpc) is 3.55. The molecule has 4 aromatic heterocycles. The molecule has 13 heteroatoms. The van der Waals surface area contributed by atoms with E-state index in [1.54, 1.807) is 18.6 Å². The molecule has 0 amide bonds. The molecule has 0 aliphatic heterocycles. The smallest absolute Gasteiger partial charge is 0.437 e. The van der Waals surface area contributed by atoms with E-state index >= 15 is 0 Å². The fourth-order valence-electron chi connectivity index (χ4n) is 4.97. The maximum absolute atomic E-state index is 13.4. The summed E-state index contributed by atoms with van der Waals surface area (Å²) in [6.45, 7) is 2.17. The van der Waals surface area contributed by atoms with Crippen molar-refractivity contribution in [1.29, 1.82) is 0 Å². The van der Waals surface area contributed by atoms with Crippen molar-refractivity contribution in [3.8, 4) is 17.0 Å². The van der Waals surface area contributed by atoms with Gasteiger partial charge in [-0.3, -0.25) is 9.36 Å². The molecule has 3 N–H and O–H groups in total. The van der Waals surface area contributed by atoms with Gasteiger partial charge in [0, 0.05) is 42.2 Å². The van der Waals surface area contributed by atoms with Crippen LogP contribution in [0.15, 0.2) is 43.0 Å². The van der Waals surface area contributed by atoms with E-state index in [1.165, 1.54) is 16.8 Å². The molecular formula is C26H30F3N7O3. The summed E-state index contributed by atoms with van der Waals surface area (Å²) in [6.07, 6.45) is 3.75. The molecule has 4 heterocycles. The number of ether oxygens (including phenoxy) is 1. The Morgan fingerprint density at radius 1 is 1.13 bits per heavy atom. The Balaban J connectivity index is 1.41. The minimum atomic E-state index is -4.58. The van der Waals surface area contributed by atoms with Gasteiger partial charge in [-0.1, -0.05) is 0 Å². The van der Waals surface area contributed by atoms with E-state index < -0.39 is 17.9 Å². The summed E-state index contributed by atoms with van der Waals surface area (Å²) in [4.78, 5) is 7.99. The highest BCUT2D eigenvalue weighted by atomic mass is 19.4. The molecule has 0 unspecified atom stereocenters. The Morgan fingerprint density at radius 3 is 2.59 bits per heavy atom. The molecule has 4 aromatic rings. The number of aliphatic hydroxyl groups is 2. The van der Waals surface area contributed by atoms with Crippen molar-refractivity contribution in [3.63, 3.8) is 0 Å². The van der Waals surface area contributed by atoms with Crippen LogP contribution in [0.4, 0.5) is 19.0 Å². The highest BCUT2D eigenvalue weighted by Gasteiger charge is 2.37. The van der Waals surface area contributed by atoms with Crippen LogP contribution in [0.1, 0.15) is 50.4 Å². The third-order valence-electron chi connectivity index (χ3n) is 6.94. The van der Waals surface area contributed by atoms with Gasteiger partial charge in [-0.15, -0.1) is 0 Å². The zero-order chi connectivity index (χ0) is 27.6. The van der Waals surface area contributed by atoms with Crippen molar-refractivity contribution >= 4 is 16.7 Å². The van der Waals surface area contributed by atoms with E-state index in [4.69, 9.17) is 9.84 Å². The summed E-state index contributed by atoms with van der Waals surface area (Å²) in [5, 5.41) is 32.3. The Kier molecular flexibility index (Phi) is 7.71. The molecule has 0 atom stereocenters. The molecule has 0 spiro atoms. The molecule has 1 aliphatic rings. The van der Waals surface area contributed by atoms with E-state index in [-0.39, 0.29) is 31.1 Å². The number of nitrogens with zero attached hydrogens (tertiary/aromatic N) is 6. The largest absolute Gasteiger partial charge is 0.488 e. The van der Waals surface area contributed by atoms with E-state index in [0.29, 0.717) is 43.7 Å². The van der Waals surface area contributed by atoms with Gasteiger partial charge in [0.2, 0.25) is 0 Å². The lowest BCUT2D eigenvalue weighted by Gasteiger charge is -2.30. The summed E-state index contributed by atoms with van der Waals surface area (Å²) < 4.78 is 49.3. The minimum Gasteiger partial charge on any atom is -0.488 e. The van der Waals surface area contributed by atoms with Crippen LogP contribution in [0.5, 0.6) is 5.75 Å². The first-order chi connectivity index (χ1) is 18.8. The first-order valence-electron chi connectivity index (χ1n) is 12.9. The van der Waals surface area contributed by atoms with Crippen LogP contribution in [0.25, 0.3) is 22.2 Å². The number of hydrogen-bond donors (Lipinski definition) is 3. The van der Waals surface area contributed by atoms with E-state index in [2.05, 4.69) is 20.4 Å². The molecule has 0 radical (unpaired) electrons. The number of halogens is 3. The van der Waals surface area contributed by atoms with Crippen LogP contribution >= 0.6 is 0 Å². The van der Waals surface area contributed by atoms with Crippen LogP contribution in [0.2, 0.25) is 0 Å². The van der Waals surface area contributed by atoms with Gasteiger partial charge >= 0.3 is 6.18 Å². The molecule has 1 saturated carbocycles. The predicted molar refractivity (Wildman–Crippen MR) is 137 cm³/mol. The lowest BCUT2D eigenvalue weighted by atomic mass is 9.93. The average molecular weight is 546 g/mol. The second-order valence-electron chi connectivity index (χ2n) is 9.53. The van der Waals surface area contributed by atoms with Crippen LogP contribution in [0, 0.1) is 0 Å². The molecule has 5 rings (SSSR count). The van der Waals surface area contributed by atoms with Crippen molar-refractivity contribution in [2.45, 2.75) is 57.0 Å². The highest BCUT2D eigenvalue weighted by molar-refractivity contribution is 5.93. The Morgan fingerprint density at radius 2 is 1.90 bits per heavy atom. The third kappa shape index (κ3) is 5.55. The minimum absolute atomic E-state index is 0.00615. The van der Waals surface area contributed by atoms with Gasteiger partial charge in [0.1, 0.15) is 11.5 Å². The molecule has 208 valence electrons. The number of aromatic nitrogens is 6. The number of alkyl halides is 3. The van der Waals surface area contributed by atoms with Gasteiger partial charge in [-0.25, -0.2) is 9.97 Å². The molecular weight excluding hydrogens is 515 g/mol. The number of fused-ring (bicyclic) bond motifs is 1. The maximum atomic E-state index is 13.4. The van der Waals surface area contributed by atoms with Crippen molar-refractivity contribution in [2.24, 2.45) is 0 Å². The predicted octanol–water partition coefficient (Wildman–Crippen LogP) is 4.23. The fraction of sp³-hybridized carbons (Fsp3) is 0.462. The molecule has 1 fully saturated rings. The Labute approximate surface area is 222 Å². The fourth-order valence-corrected chi connectivity index (χ4v) is 4.97. The van der Waals surface area contributed by atoms with Crippen LogP contribution in [0.3, 0.4) is 0 Å². The monoisotopic (exact) mass is 545 g/mol. The number of rotatable bonds is 9. The summed E-state index contributed by atoms with van der Waals surface area (Å²) in [7, 11) is 0. The summed E-state index contributed by atoms with van der Waals surface area (Å²) in [5.41, 5.74) is 1.26. The first-order valence-corrected chi connectivity index (χ1v) is 12.9. The van der Waals surface area contributed by atoms with E-state index in [1.807, 2.05) is 17.7 Å². The van der Waals surface area contributed by atoms with Crippen LogP contribution in [-0.2, 0) is 6.18 Å². The molecule has 0 bridgehead atoms. The molecule has 0 saturated heterocycles. The second-order valence-corrected chi connectivity index (χ2v) is 9.53. The van der Waals surface area contributed by atoms with E-state index in [9.17, 15) is 23.4 Å². The molecule has 39 heavy (non-hydrogen) atoms. The Hall–Kier alpha value is -3.71. The van der Waals surface area contributed by atoms with Gasteiger partial charge < -0.3 is 20.3 Å². The first kappa shape index (κ1) is 26.9. The van der Waals surface area contributed by atoms with E-state index in [0.717, 1.165) is 22.7 Å². The third-order valence-corrected chi connectivity index (χ3v) is 6.94. The summed E-state index contributed by atoms with van der Waals surface area (Å²) in [5.74, 6) is 0.463. The maximum Gasteiger partial charge on any atom is 0.437 e. The normalized spacial score (nSPS) is 18.1. The summed E-state index contributed by atoms with van der Waals surface area (Å²) >= 11 is 0. The standard InChI is InChI=1S/C26H30F3N7O3/c1-2-30-23-10-21-20(12-32-23)24(16-11-33-35(13-16)18(14-37)15-38)34-36(21)17-5-7-19(8-6-17)39-22-4-3-9-31-25(22)26(27,28)29/h3-4,9-13,17-19,37-38H,2,5-8,14-15H2,1H3,(H,30,32)/t17-,19+. The van der Waals surface area contributed by atoms with Crippen molar-refractivity contribution in [1.82, 2.24) is 29.5 Å². The van der Waals surface area contributed by atoms with Gasteiger partial charge in [-0.05, 0) is 44.7 Å². The van der Waals surface area contributed by atoms with Gasteiger partial charge in [-0.2, -0.15) is 23.4 Å². The van der Waals surface area contributed by atoms with Crippen molar-refractivity contribution in [3.05, 3.63) is 48.7 Å². The summed E-state index contributed by atoms with van der Waals surface area (Å²) in [6, 6.07) is 4.14. The molecule has 1 aliphatic carbocycles. The lowest BCUT2D eigenvalue weighted by Crippen LogP contribution is -2.27. The zero-order valence-corrected chi connectivity index (χ0v) is 21.3. The number of hydrogen-bond acceptors (Lipinski definition) is 8. The Bertz CT molecular complexity index is 1410.